The number of carbonyl (C=O) groups is 2. The molecule has 0 aliphatic carbocycles. The molecule has 1 atom stereocenters. The van der Waals surface area contributed by atoms with Crippen LogP contribution >= 0.6 is 12.4 Å². The van der Waals surface area contributed by atoms with Gasteiger partial charge in [-0.05, 0) is 60.4 Å². The number of nitrogens with one attached hydrogen (secondary N) is 1. The maximum atomic E-state index is 12.5. The largest absolute Gasteiger partial charge is 0.480 e. The lowest BCUT2D eigenvalue weighted by molar-refractivity contribution is -0.139. The normalized spacial score (nSPS) is 15.6. The van der Waals surface area contributed by atoms with Crippen molar-refractivity contribution >= 4 is 30.0 Å². The van der Waals surface area contributed by atoms with Crippen molar-refractivity contribution in [3.63, 3.8) is 0 Å². The van der Waals surface area contributed by atoms with Crippen LogP contribution in [0.5, 0.6) is 0 Å². The number of carboxylic acids is 1. The van der Waals surface area contributed by atoms with Gasteiger partial charge in [0.1, 0.15) is 0 Å². The number of carbonyl (C=O) groups excluding carboxylic acids is 1. The fraction of sp³-hybridized carbons (Fsp3) is 0.286. The van der Waals surface area contributed by atoms with Crippen molar-refractivity contribution < 1.29 is 14.7 Å². The lowest BCUT2D eigenvalue weighted by Crippen LogP contribution is -2.38. The molecule has 1 amide bonds. The third-order valence-electron chi connectivity index (χ3n) is 4.87. The van der Waals surface area contributed by atoms with Gasteiger partial charge in [0.05, 0.1) is 18.2 Å². The number of hydrogen-bond acceptors (Lipinski definition) is 4. The van der Waals surface area contributed by atoms with E-state index in [1.54, 1.807) is 24.3 Å². The molecule has 0 saturated carbocycles. The lowest BCUT2D eigenvalue weighted by Gasteiger charge is -2.36. The Bertz CT molecular complexity index is 906. The maximum absolute atomic E-state index is 12.5. The zero-order valence-electron chi connectivity index (χ0n) is 15.5. The van der Waals surface area contributed by atoms with Gasteiger partial charge in [-0.2, -0.15) is 5.26 Å². The Morgan fingerprint density at radius 1 is 1.25 bits per heavy atom. The number of fused-ring (bicyclic) bond motifs is 1. The second-order valence-corrected chi connectivity index (χ2v) is 6.60. The average Bonchev–Trinajstić information content (AvgIpc) is 2.67. The third kappa shape index (κ3) is 4.69. The topological polar surface area (TPSA) is 93.4 Å². The van der Waals surface area contributed by atoms with Crippen molar-refractivity contribution in [1.82, 2.24) is 4.90 Å². The number of carboxylic acid groups (broad SMARTS) is 1. The summed E-state index contributed by atoms with van der Waals surface area (Å²) in [6, 6.07) is 14.3. The number of amides is 1. The van der Waals surface area contributed by atoms with Gasteiger partial charge in [-0.15, -0.1) is 12.4 Å². The molecule has 6 nitrogen and oxygen atoms in total. The summed E-state index contributed by atoms with van der Waals surface area (Å²) in [5.41, 5.74) is 3.93. The van der Waals surface area contributed by atoms with E-state index in [0.717, 1.165) is 24.9 Å². The third-order valence-corrected chi connectivity index (χ3v) is 4.87. The number of halogens is 1. The molecule has 0 bridgehead atoms. The van der Waals surface area contributed by atoms with Crippen LogP contribution in [0.2, 0.25) is 0 Å². The number of aliphatic carboxylic acids is 1. The quantitative estimate of drug-likeness (QED) is 0.800. The van der Waals surface area contributed by atoms with Crippen molar-refractivity contribution in [2.75, 3.05) is 18.4 Å². The first-order valence-corrected chi connectivity index (χ1v) is 8.92. The van der Waals surface area contributed by atoms with Gasteiger partial charge in [-0.25, -0.2) is 0 Å². The molecule has 7 heteroatoms. The van der Waals surface area contributed by atoms with E-state index in [2.05, 4.69) is 5.32 Å². The predicted molar refractivity (Wildman–Crippen MR) is 109 cm³/mol. The van der Waals surface area contributed by atoms with Gasteiger partial charge in [0, 0.05) is 23.8 Å². The minimum Gasteiger partial charge on any atom is -0.480 e. The smallest absolute Gasteiger partial charge is 0.317 e. The van der Waals surface area contributed by atoms with Crippen LogP contribution in [0.3, 0.4) is 0 Å². The number of benzene rings is 2. The van der Waals surface area contributed by atoms with Gasteiger partial charge < -0.3 is 10.4 Å². The fourth-order valence-corrected chi connectivity index (χ4v) is 3.57. The lowest BCUT2D eigenvalue weighted by atomic mass is 9.90. The summed E-state index contributed by atoms with van der Waals surface area (Å²) in [5.74, 6) is -1.08. The highest BCUT2D eigenvalue weighted by atomic mass is 35.5. The average molecular weight is 400 g/mol. The molecule has 0 saturated heterocycles. The van der Waals surface area contributed by atoms with Crippen molar-refractivity contribution in [1.29, 1.82) is 5.26 Å². The van der Waals surface area contributed by atoms with Crippen LogP contribution < -0.4 is 5.32 Å². The molecule has 1 aliphatic heterocycles. The van der Waals surface area contributed by atoms with Crippen LogP contribution in [-0.4, -0.2) is 35.0 Å². The molecule has 28 heavy (non-hydrogen) atoms. The maximum Gasteiger partial charge on any atom is 0.317 e. The Morgan fingerprint density at radius 2 is 1.96 bits per heavy atom. The van der Waals surface area contributed by atoms with Gasteiger partial charge in [0.25, 0.3) is 5.91 Å². The fourth-order valence-electron chi connectivity index (χ4n) is 3.57. The minimum atomic E-state index is -0.831. The highest BCUT2D eigenvalue weighted by Crippen LogP contribution is 2.33. The van der Waals surface area contributed by atoms with Crippen LogP contribution in [0.1, 0.15) is 46.4 Å². The van der Waals surface area contributed by atoms with Crippen molar-refractivity contribution in [3.05, 3.63) is 64.7 Å². The Kier molecular flexibility index (Phi) is 7.16. The zero-order valence-corrected chi connectivity index (χ0v) is 16.3. The Morgan fingerprint density at radius 3 is 2.57 bits per heavy atom. The number of hydrogen-bond donors (Lipinski definition) is 2. The van der Waals surface area contributed by atoms with Gasteiger partial charge in [-0.1, -0.05) is 13.0 Å². The number of rotatable bonds is 5. The molecule has 0 aromatic heterocycles. The van der Waals surface area contributed by atoms with Crippen LogP contribution in [0.25, 0.3) is 0 Å². The molecular weight excluding hydrogens is 378 g/mol. The van der Waals surface area contributed by atoms with E-state index in [4.69, 9.17) is 10.4 Å². The molecule has 1 aliphatic rings. The molecule has 1 heterocycles. The van der Waals surface area contributed by atoms with Gasteiger partial charge in [-0.3, -0.25) is 14.5 Å². The zero-order chi connectivity index (χ0) is 19.4. The summed E-state index contributed by atoms with van der Waals surface area (Å²) in [6.07, 6.45) is 1.59. The van der Waals surface area contributed by atoms with E-state index in [-0.39, 0.29) is 30.9 Å². The molecule has 2 aromatic rings. The molecule has 0 spiro atoms. The summed E-state index contributed by atoms with van der Waals surface area (Å²) in [4.78, 5) is 25.6. The van der Waals surface area contributed by atoms with Gasteiger partial charge in [0.2, 0.25) is 0 Å². The second-order valence-electron chi connectivity index (χ2n) is 6.60. The molecule has 1 unspecified atom stereocenters. The van der Waals surface area contributed by atoms with Crippen molar-refractivity contribution in [2.24, 2.45) is 0 Å². The molecule has 0 fully saturated rings. The molecule has 3 rings (SSSR count). The van der Waals surface area contributed by atoms with Crippen LogP contribution in [0.15, 0.2) is 42.5 Å². The van der Waals surface area contributed by atoms with E-state index in [0.29, 0.717) is 16.8 Å². The summed E-state index contributed by atoms with van der Waals surface area (Å²) in [6.45, 7) is 2.77. The van der Waals surface area contributed by atoms with Crippen LogP contribution in [0.4, 0.5) is 5.69 Å². The molecule has 146 valence electrons. The Labute approximate surface area is 170 Å². The standard InChI is InChI=1S/C21H21N3O3.ClH/c1-2-19-18-11-17(8-7-15(18)9-10-24(19)13-20(25)26)23-21(27)16-5-3-14(12-22)4-6-16;/h3-8,11,19H,2,9-10,13H2,1H3,(H,23,27)(H,25,26);1H. The summed E-state index contributed by atoms with van der Waals surface area (Å²) in [5, 5.41) is 20.9. The number of nitriles is 1. The second kappa shape index (κ2) is 9.36. The first kappa shape index (κ1) is 21.4. The van der Waals surface area contributed by atoms with Crippen molar-refractivity contribution in [2.45, 2.75) is 25.8 Å². The van der Waals surface area contributed by atoms with Crippen LogP contribution in [0, 0.1) is 11.3 Å². The molecule has 2 N–H and O–H groups in total. The highest BCUT2D eigenvalue weighted by molar-refractivity contribution is 6.04. The van der Waals surface area contributed by atoms with Crippen molar-refractivity contribution in [3.8, 4) is 6.07 Å². The number of anilines is 1. The van der Waals surface area contributed by atoms with E-state index in [9.17, 15) is 9.59 Å². The predicted octanol–water partition coefficient (Wildman–Crippen LogP) is 3.63. The summed E-state index contributed by atoms with van der Waals surface area (Å²) < 4.78 is 0. The van der Waals surface area contributed by atoms with Gasteiger partial charge in [0.15, 0.2) is 0 Å². The summed E-state index contributed by atoms with van der Waals surface area (Å²) in [7, 11) is 0. The SMILES string of the molecule is CCC1c2cc(NC(=O)c3ccc(C#N)cc3)ccc2CCN1CC(=O)O.Cl. The van der Waals surface area contributed by atoms with E-state index < -0.39 is 5.97 Å². The molecule has 0 radical (unpaired) electrons. The Hall–Kier alpha value is -2.88. The first-order valence-electron chi connectivity index (χ1n) is 8.92. The first-order chi connectivity index (χ1) is 13.0. The number of nitrogens with zero attached hydrogens (tertiary/aromatic N) is 2. The van der Waals surface area contributed by atoms with Gasteiger partial charge >= 0.3 is 5.97 Å². The van der Waals surface area contributed by atoms with Crippen LogP contribution in [-0.2, 0) is 11.2 Å². The monoisotopic (exact) mass is 399 g/mol. The highest BCUT2D eigenvalue weighted by Gasteiger charge is 2.27. The summed E-state index contributed by atoms with van der Waals surface area (Å²) >= 11 is 0. The minimum absolute atomic E-state index is 0. The molecular formula is C21H22ClN3O3. The van der Waals surface area contributed by atoms with E-state index in [1.165, 1.54) is 5.56 Å². The van der Waals surface area contributed by atoms with E-state index >= 15 is 0 Å². The van der Waals surface area contributed by atoms with E-state index in [1.807, 2.05) is 36.1 Å². The Balaban J connectivity index is 0.00000280. The molecule has 2 aromatic carbocycles.